The molecule has 3 nitrogen and oxygen atoms in total. The Kier molecular flexibility index (Phi) is 4.43. The number of halogens is 2. The van der Waals surface area contributed by atoms with Gasteiger partial charge in [0.05, 0.1) is 13.1 Å². The molecule has 0 bridgehead atoms. The Morgan fingerprint density at radius 2 is 1.85 bits per heavy atom. The molecule has 0 spiro atoms. The van der Waals surface area contributed by atoms with Gasteiger partial charge in [-0.3, -0.25) is 4.79 Å². The molecule has 20 heavy (non-hydrogen) atoms. The third-order valence-corrected chi connectivity index (χ3v) is 4.06. The molecular formula is C15H17Cl2NO2. The number of rotatable bonds is 3. The zero-order valence-electron chi connectivity index (χ0n) is 11.4. The first-order chi connectivity index (χ1) is 9.30. The monoisotopic (exact) mass is 313 g/mol. The molecule has 1 heterocycles. The number of hydrogen-bond acceptors (Lipinski definition) is 2. The minimum Gasteiger partial charge on any atom is -0.386 e. The molecule has 0 aliphatic carbocycles. The van der Waals surface area contributed by atoms with Crippen LogP contribution in [-0.2, 0) is 4.79 Å². The van der Waals surface area contributed by atoms with E-state index in [2.05, 4.69) is 0 Å². The molecule has 2 rings (SSSR count). The van der Waals surface area contributed by atoms with E-state index in [1.165, 1.54) is 6.08 Å². The van der Waals surface area contributed by atoms with Gasteiger partial charge in [-0.05, 0) is 35.8 Å². The van der Waals surface area contributed by atoms with Crippen LogP contribution in [0, 0.1) is 5.92 Å². The first kappa shape index (κ1) is 15.4. The Hall–Kier alpha value is -1.03. The second-order valence-corrected chi connectivity index (χ2v) is 6.36. The van der Waals surface area contributed by atoms with Crippen molar-refractivity contribution in [3.63, 3.8) is 0 Å². The summed E-state index contributed by atoms with van der Waals surface area (Å²) in [5, 5.41) is 11.2. The molecule has 5 heteroatoms. The van der Waals surface area contributed by atoms with E-state index < -0.39 is 5.60 Å². The highest BCUT2D eigenvalue weighted by Crippen LogP contribution is 2.28. The summed E-state index contributed by atoms with van der Waals surface area (Å²) in [4.78, 5) is 13.6. The van der Waals surface area contributed by atoms with Crippen LogP contribution in [0.3, 0.4) is 0 Å². The van der Waals surface area contributed by atoms with E-state index in [0.717, 1.165) is 5.56 Å². The summed E-state index contributed by atoms with van der Waals surface area (Å²) >= 11 is 11.8. The number of benzene rings is 1. The standard InChI is InChI=1S/C15H17Cl2NO2/c1-10(2)15(20)8-18(9-15)14(19)4-3-11-5-12(16)7-13(17)6-11/h3-7,10,20H,8-9H2,1-2H3. The zero-order chi connectivity index (χ0) is 14.9. The lowest BCUT2D eigenvalue weighted by atomic mass is 9.83. The van der Waals surface area contributed by atoms with E-state index in [1.54, 1.807) is 29.2 Å². The number of amides is 1. The summed E-state index contributed by atoms with van der Waals surface area (Å²) in [5.41, 5.74) is 0.0264. The molecule has 1 fully saturated rings. The first-order valence-electron chi connectivity index (χ1n) is 6.45. The van der Waals surface area contributed by atoms with Gasteiger partial charge in [-0.1, -0.05) is 37.0 Å². The highest BCUT2D eigenvalue weighted by Gasteiger charge is 2.45. The van der Waals surface area contributed by atoms with Gasteiger partial charge in [0.15, 0.2) is 0 Å². The van der Waals surface area contributed by atoms with Crippen molar-refractivity contribution in [3.8, 4) is 0 Å². The molecule has 0 unspecified atom stereocenters. The van der Waals surface area contributed by atoms with E-state index in [-0.39, 0.29) is 11.8 Å². The van der Waals surface area contributed by atoms with Gasteiger partial charge in [-0.25, -0.2) is 0 Å². The van der Waals surface area contributed by atoms with Crippen LogP contribution in [0.15, 0.2) is 24.3 Å². The van der Waals surface area contributed by atoms with E-state index >= 15 is 0 Å². The van der Waals surface area contributed by atoms with Crippen LogP contribution in [0.25, 0.3) is 6.08 Å². The summed E-state index contributed by atoms with van der Waals surface area (Å²) in [5.74, 6) is 0.0219. The van der Waals surface area contributed by atoms with E-state index in [4.69, 9.17) is 23.2 Å². The summed E-state index contributed by atoms with van der Waals surface area (Å²) in [6.07, 6.45) is 3.15. The molecule has 0 aromatic heterocycles. The predicted molar refractivity (Wildman–Crippen MR) is 81.9 cm³/mol. The maximum absolute atomic E-state index is 11.9. The third kappa shape index (κ3) is 3.35. The number of hydrogen-bond donors (Lipinski definition) is 1. The third-order valence-electron chi connectivity index (χ3n) is 3.62. The predicted octanol–water partition coefficient (Wildman–Crippen LogP) is 3.24. The summed E-state index contributed by atoms with van der Waals surface area (Å²) < 4.78 is 0. The van der Waals surface area contributed by atoms with Gasteiger partial charge < -0.3 is 10.0 Å². The molecule has 0 atom stereocenters. The normalized spacial score (nSPS) is 17.6. The number of nitrogens with zero attached hydrogens (tertiary/aromatic N) is 1. The van der Waals surface area contributed by atoms with Gasteiger partial charge >= 0.3 is 0 Å². The molecule has 1 N–H and O–H groups in total. The van der Waals surface area contributed by atoms with Gasteiger partial charge in [0.25, 0.3) is 0 Å². The summed E-state index contributed by atoms with van der Waals surface area (Å²) in [6.45, 7) is 4.66. The number of β-amino-alcohol motifs (C(OH)–C–C–N with tert-alkyl or cyclic N) is 1. The van der Waals surface area contributed by atoms with Crippen molar-refractivity contribution in [2.45, 2.75) is 19.4 Å². The minimum atomic E-state index is -0.747. The SMILES string of the molecule is CC(C)C1(O)CN(C(=O)C=Cc2cc(Cl)cc(Cl)c2)C1. The van der Waals surface area contributed by atoms with Gasteiger partial charge in [0, 0.05) is 16.1 Å². The lowest BCUT2D eigenvalue weighted by Crippen LogP contribution is -2.65. The highest BCUT2D eigenvalue weighted by atomic mass is 35.5. The molecule has 1 aromatic carbocycles. The van der Waals surface area contributed by atoms with Gasteiger partial charge in [-0.2, -0.15) is 0 Å². The van der Waals surface area contributed by atoms with Crippen molar-refractivity contribution in [2.24, 2.45) is 5.92 Å². The molecular weight excluding hydrogens is 297 g/mol. The average Bonchev–Trinajstić information content (AvgIpc) is 2.30. The number of aliphatic hydroxyl groups is 1. The minimum absolute atomic E-state index is 0.119. The first-order valence-corrected chi connectivity index (χ1v) is 7.21. The Balaban J connectivity index is 1.97. The molecule has 1 aliphatic heterocycles. The van der Waals surface area contributed by atoms with E-state index in [0.29, 0.717) is 23.1 Å². The lowest BCUT2D eigenvalue weighted by Gasteiger charge is -2.48. The second-order valence-electron chi connectivity index (χ2n) is 5.49. The fourth-order valence-corrected chi connectivity index (χ4v) is 2.62. The van der Waals surface area contributed by atoms with Crippen molar-refractivity contribution < 1.29 is 9.90 Å². The van der Waals surface area contributed by atoms with Gasteiger partial charge in [0.1, 0.15) is 5.60 Å². The van der Waals surface area contributed by atoms with Crippen molar-refractivity contribution in [2.75, 3.05) is 13.1 Å². The second kappa shape index (κ2) is 5.76. The largest absolute Gasteiger partial charge is 0.386 e. The highest BCUT2D eigenvalue weighted by molar-refractivity contribution is 6.34. The van der Waals surface area contributed by atoms with Crippen molar-refractivity contribution in [1.29, 1.82) is 0 Å². The van der Waals surface area contributed by atoms with Crippen LogP contribution in [0.5, 0.6) is 0 Å². The fraction of sp³-hybridized carbons (Fsp3) is 0.400. The van der Waals surface area contributed by atoms with Crippen LogP contribution in [-0.4, -0.2) is 34.6 Å². The number of carbonyl (C=O) groups excluding carboxylic acids is 1. The Morgan fingerprint density at radius 3 is 2.35 bits per heavy atom. The Labute approximate surface area is 128 Å². The maximum Gasteiger partial charge on any atom is 0.246 e. The van der Waals surface area contributed by atoms with Gasteiger partial charge in [-0.15, -0.1) is 0 Å². The number of carbonyl (C=O) groups is 1. The van der Waals surface area contributed by atoms with E-state index in [1.807, 2.05) is 13.8 Å². The molecule has 108 valence electrons. The average molecular weight is 314 g/mol. The molecule has 1 aliphatic rings. The summed E-state index contributed by atoms with van der Waals surface area (Å²) in [7, 11) is 0. The molecule has 1 aromatic rings. The zero-order valence-corrected chi connectivity index (χ0v) is 12.9. The fourth-order valence-electron chi connectivity index (χ4n) is 2.08. The van der Waals surface area contributed by atoms with Crippen molar-refractivity contribution in [3.05, 3.63) is 39.9 Å². The number of likely N-dealkylation sites (tertiary alicyclic amines) is 1. The van der Waals surface area contributed by atoms with Crippen LogP contribution in [0.1, 0.15) is 19.4 Å². The molecule has 0 saturated carbocycles. The van der Waals surface area contributed by atoms with Gasteiger partial charge in [0.2, 0.25) is 5.91 Å². The quantitative estimate of drug-likeness (QED) is 0.870. The van der Waals surface area contributed by atoms with Crippen LogP contribution >= 0.6 is 23.2 Å². The molecule has 1 amide bonds. The van der Waals surface area contributed by atoms with E-state index in [9.17, 15) is 9.90 Å². The van der Waals surface area contributed by atoms with Crippen molar-refractivity contribution >= 4 is 35.2 Å². The summed E-state index contributed by atoms with van der Waals surface area (Å²) in [6, 6.07) is 5.11. The lowest BCUT2D eigenvalue weighted by molar-refractivity contribution is -0.158. The maximum atomic E-state index is 11.9. The Morgan fingerprint density at radius 1 is 1.30 bits per heavy atom. The van der Waals surface area contributed by atoms with Crippen LogP contribution in [0.2, 0.25) is 10.0 Å². The Bertz CT molecular complexity index is 529. The molecule has 1 saturated heterocycles. The smallest absolute Gasteiger partial charge is 0.246 e. The van der Waals surface area contributed by atoms with Crippen LogP contribution < -0.4 is 0 Å². The van der Waals surface area contributed by atoms with Crippen molar-refractivity contribution in [1.82, 2.24) is 4.90 Å². The topological polar surface area (TPSA) is 40.5 Å². The molecule has 0 radical (unpaired) electrons. The van der Waals surface area contributed by atoms with Crippen LogP contribution in [0.4, 0.5) is 0 Å².